The summed E-state index contributed by atoms with van der Waals surface area (Å²) in [7, 11) is 0. The molecular formula is C16H26F4N2O4. The lowest BCUT2D eigenvalue weighted by Gasteiger charge is -2.48. The molecule has 6 nitrogen and oxygen atoms in total. The molecule has 2 aliphatic rings. The van der Waals surface area contributed by atoms with Gasteiger partial charge in [0.1, 0.15) is 5.60 Å². The Hall–Kier alpha value is -1.13. The fourth-order valence-corrected chi connectivity index (χ4v) is 3.19. The number of alkyl halides is 4. The van der Waals surface area contributed by atoms with Gasteiger partial charge in [-0.2, -0.15) is 17.6 Å². The Balaban J connectivity index is 1.92. The molecular weight excluding hydrogens is 360 g/mol. The Morgan fingerprint density at radius 3 is 2.31 bits per heavy atom. The molecule has 1 aliphatic heterocycles. The number of amides is 1. The number of hydrogen-bond donors (Lipinski definition) is 0. The number of carbonyl (C=O) groups is 1. The van der Waals surface area contributed by atoms with E-state index in [1.165, 1.54) is 4.90 Å². The first-order valence-electron chi connectivity index (χ1n) is 8.62. The molecule has 1 amide bonds. The van der Waals surface area contributed by atoms with Crippen molar-refractivity contribution in [3.05, 3.63) is 0 Å². The molecule has 1 heterocycles. The molecule has 0 aromatic carbocycles. The largest absolute Gasteiger partial charge is 0.444 e. The number of hydrogen-bond acceptors (Lipinski definition) is 5. The first-order valence-corrected chi connectivity index (χ1v) is 8.62. The van der Waals surface area contributed by atoms with E-state index >= 15 is 0 Å². The Morgan fingerprint density at radius 1 is 1.12 bits per heavy atom. The molecule has 0 radical (unpaired) electrons. The van der Waals surface area contributed by atoms with Gasteiger partial charge in [-0.15, -0.1) is 0 Å². The maximum atomic E-state index is 12.4. The minimum absolute atomic E-state index is 0.0357. The summed E-state index contributed by atoms with van der Waals surface area (Å²) >= 11 is 0. The predicted octanol–water partition coefficient (Wildman–Crippen LogP) is 2.92. The van der Waals surface area contributed by atoms with Crippen LogP contribution in [0.1, 0.15) is 33.6 Å². The van der Waals surface area contributed by atoms with Crippen molar-refractivity contribution in [3.8, 4) is 0 Å². The van der Waals surface area contributed by atoms with Crippen LogP contribution < -0.4 is 0 Å². The van der Waals surface area contributed by atoms with E-state index in [1.807, 2.05) is 4.90 Å². The van der Waals surface area contributed by atoms with Crippen molar-refractivity contribution < 1.29 is 36.6 Å². The summed E-state index contributed by atoms with van der Waals surface area (Å²) in [5.74, 6) is 0. The second-order valence-corrected chi connectivity index (χ2v) is 7.56. The maximum Gasteiger partial charge on any atom is 0.410 e. The Morgan fingerprint density at radius 2 is 1.77 bits per heavy atom. The zero-order valence-corrected chi connectivity index (χ0v) is 15.2. The molecule has 1 saturated carbocycles. The number of rotatable bonds is 6. The number of ether oxygens (including phenoxy) is 3. The third-order valence-corrected chi connectivity index (χ3v) is 4.44. The minimum atomic E-state index is -2.93. The van der Waals surface area contributed by atoms with Gasteiger partial charge in [0.25, 0.3) is 0 Å². The van der Waals surface area contributed by atoms with Gasteiger partial charge in [0.2, 0.25) is 0 Å². The maximum absolute atomic E-state index is 12.4. The van der Waals surface area contributed by atoms with E-state index in [4.69, 9.17) is 4.74 Å². The quantitative estimate of drug-likeness (QED) is 0.657. The van der Waals surface area contributed by atoms with E-state index < -0.39 is 37.1 Å². The van der Waals surface area contributed by atoms with Crippen LogP contribution in [0.15, 0.2) is 0 Å². The Labute approximate surface area is 150 Å². The number of carbonyl (C=O) groups excluding carboxylic acids is 1. The third kappa shape index (κ3) is 6.24. The zero-order chi connectivity index (χ0) is 19.5. The van der Waals surface area contributed by atoms with Gasteiger partial charge in [-0.3, -0.25) is 4.90 Å². The topological polar surface area (TPSA) is 51.2 Å². The van der Waals surface area contributed by atoms with E-state index in [2.05, 4.69) is 9.47 Å². The summed E-state index contributed by atoms with van der Waals surface area (Å²) in [5, 5.41) is 0. The van der Waals surface area contributed by atoms with Crippen molar-refractivity contribution in [1.82, 2.24) is 9.80 Å². The van der Waals surface area contributed by atoms with Crippen LogP contribution in [0.2, 0.25) is 0 Å². The van der Waals surface area contributed by atoms with E-state index in [0.29, 0.717) is 32.5 Å². The summed E-state index contributed by atoms with van der Waals surface area (Å²) in [6.07, 6.45) is -0.148. The van der Waals surface area contributed by atoms with Crippen LogP contribution in [-0.4, -0.2) is 79.1 Å². The highest BCUT2D eigenvalue weighted by Gasteiger charge is 2.41. The molecule has 2 fully saturated rings. The Kier molecular flexibility index (Phi) is 7.09. The molecule has 1 atom stereocenters. The van der Waals surface area contributed by atoms with Crippen molar-refractivity contribution in [2.45, 2.75) is 70.6 Å². The normalized spacial score (nSPS) is 27.7. The van der Waals surface area contributed by atoms with Gasteiger partial charge in [-0.25, -0.2) is 4.79 Å². The van der Waals surface area contributed by atoms with Crippen molar-refractivity contribution in [1.29, 1.82) is 0 Å². The summed E-state index contributed by atoms with van der Waals surface area (Å²) in [4.78, 5) is 15.7. The molecule has 0 unspecified atom stereocenters. The van der Waals surface area contributed by atoms with Crippen LogP contribution in [0.4, 0.5) is 22.4 Å². The second-order valence-electron chi connectivity index (χ2n) is 7.56. The first kappa shape index (κ1) is 21.2. The van der Waals surface area contributed by atoms with Crippen LogP contribution in [0, 0.1) is 0 Å². The summed E-state index contributed by atoms with van der Waals surface area (Å²) in [6, 6.07) is -0.559. The fraction of sp³-hybridized carbons (Fsp3) is 0.938. The average molecular weight is 386 g/mol. The van der Waals surface area contributed by atoms with Crippen LogP contribution in [0.3, 0.4) is 0 Å². The van der Waals surface area contributed by atoms with Crippen molar-refractivity contribution in [3.63, 3.8) is 0 Å². The van der Waals surface area contributed by atoms with Gasteiger partial charge in [0.15, 0.2) is 0 Å². The summed E-state index contributed by atoms with van der Waals surface area (Å²) < 4.78 is 63.5. The molecule has 0 N–H and O–H groups in total. The smallest absolute Gasteiger partial charge is 0.410 e. The molecule has 0 spiro atoms. The standard InChI is InChI=1S/C16H26F4N2O4/c1-16(2,3)26-15(23)22-5-4-21(8-11(22)9-24-13(17)18)10-6-12(7-10)25-14(19)20/h10-14H,4-9H2,1-3H3/t10?,11-,12?/m0/s1. The number of halogens is 4. The van der Waals surface area contributed by atoms with E-state index in [9.17, 15) is 22.4 Å². The van der Waals surface area contributed by atoms with Crippen molar-refractivity contribution >= 4 is 6.09 Å². The van der Waals surface area contributed by atoms with E-state index in [-0.39, 0.29) is 12.6 Å². The lowest BCUT2D eigenvalue weighted by atomic mass is 9.87. The molecule has 0 bridgehead atoms. The fourth-order valence-electron chi connectivity index (χ4n) is 3.19. The second kappa shape index (κ2) is 8.71. The van der Waals surface area contributed by atoms with Gasteiger partial charge < -0.3 is 19.1 Å². The van der Waals surface area contributed by atoms with Crippen LogP contribution in [0.5, 0.6) is 0 Å². The third-order valence-electron chi connectivity index (χ3n) is 4.44. The minimum Gasteiger partial charge on any atom is -0.444 e. The Bertz CT molecular complexity index is 470. The molecule has 1 aliphatic carbocycles. The number of nitrogens with zero attached hydrogens (tertiary/aromatic N) is 2. The van der Waals surface area contributed by atoms with Gasteiger partial charge in [0, 0.05) is 25.7 Å². The van der Waals surface area contributed by atoms with Crippen molar-refractivity contribution in [2.24, 2.45) is 0 Å². The van der Waals surface area contributed by atoms with Gasteiger partial charge in [-0.1, -0.05) is 0 Å². The van der Waals surface area contributed by atoms with E-state index in [1.54, 1.807) is 20.8 Å². The lowest BCUT2D eigenvalue weighted by molar-refractivity contribution is -0.196. The molecule has 152 valence electrons. The highest BCUT2D eigenvalue weighted by atomic mass is 19.3. The highest BCUT2D eigenvalue weighted by molar-refractivity contribution is 5.68. The van der Waals surface area contributed by atoms with Gasteiger partial charge >= 0.3 is 19.3 Å². The molecule has 1 saturated heterocycles. The summed E-state index contributed by atoms with van der Waals surface area (Å²) in [6.45, 7) is 0.250. The average Bonchev–Trinajstić information content (AvgIpc) is 2.46. The number of piperazine rings is 1. The lowest BCUT2D eigenvalue weighted by Crippen LogP contribution is -2.62. The first-order chi connectivity index (χ1) is 12.0. The van der Waals surface area contributed by atoms with Crippen LogP contribution in [-0.2, 0) is 14.2 Å². The summed E-state index contributed by atoms with van der Waals surface area (Å²) in [5.41, 5.74) is -0.698. The van der Waals surface area contributed by atoms with Crippen LogP contribution in [0.25, 0.3) is 0 Å². The van der Waals surface area contributed by atoms with Crippen molar-refractivity contribution in [2.75, 3.05) is 26.2 Å². The van der Waals surface area contributed by atoms with Gasteiger partial charge in [0.05, 0.1) is 18.8 Å². The molecule has 26 heavy (non-hydrogen) atoms. The zero-order valence-electron chi connectivity index (χ0n) is 15.2. The highest BCUT2D eigenvalue weighted by Crippen LogP contribution is 2.31. The SMILES string of the molecule is CC(C)(C)OC(=O)N1CCN(C2CC(OC(F)F)C2)C[C@H]1COC(F)F. The monoisotopic (exact) mass is 386 g/mol. The molecule has 2 rings (SSSR count). The molecule has 10 heteroatoms. The van der Waals surface area contributed by atoms with E-state index in [0.717, 1.165) is 0 Å². The molecule has 0 aromatic rings. The van der Waals surface area contributed by atoms with Crippen LogP contribution >= 0.6 is 0 Å². The molecule has 0 aromatic heterocycles. The van der Waals surface area contributed by atoms with Gasteiger partial charge in [-0.05, 0) is 33.6 Å². The predicted molar refractivity (Wildman–Crippen MR) is 84.2 cm³/mol.